The number of fused-ring (bicyclic) bond motifs is 1. The number of carbonyl (C=O) groups excluding carboxylic acids is 4. The van der Waals surface area contributed by atoms with E-state index in [0.29, 0.717) is 28.3 Å². The molecular formula is C24H22N2O7. The fraction of sp³-hybridized carbons (Fsp3) is 0.250. The summed E-state index contributed by atoms with van der Waals surface area (Å²) in [5.74, 6) is -2.62. The Morgan fingerprint density at radius 2 is 1.58 bits per heavy atom. The van der Waals surface area contributed by atoms with E-state index in [1.807, 2.05) is 0 Å². The third kappa shape index (κ3) is 3.82. The molecule has 2 aliphatic rings. The number of rotatable bonds is 6. The first-order valence-corrected chi connectivity index (χ1v) is 10.3. The average molecular weight is 450 g/mol. The number of nitrogens with zero attached hydrogens (tertiary/aromatic N) is 1. The number of hydrogen-bond acceptors (Lipinski definition) is 8. The SMILES string of the molecule is COC(=O)C1=C(C)NC(C)=C(C(=O)OCCN2C(=O)c3ccccc3C2=O)C1c1ccco1. The van der Waals surface area contributed by atoms with Crippen LogP contribution in [0.4, 0.5) is 0 Å². The van der Waals surface area contributed by atoms with Crippen LogP contribution in [0.1, 0.15) is 46.2 Å². The third-order valence-electron chi connectivity index (χ3n) is 5.64. The summed E-state index contributed by atoms with van der Waals surface area (Å²) >= 11 is 0. The molecule has 0 saturated heterocycles. The quantitative estimate of drug-likeness (QED) is 0.527. The number of methoxy groups -OCH3 is 1. The molecule has 0 radical (unpaired) electrons. The van der Waals surface area contributed by atoms with E-state index in [1.54, 1.807) is 50.2 Å². The maximum Gasteiger partial charge on any atom is 0.336 e. The normalized spacial score (nSPS) is 17.8. The van der Waals surface area contributed by atoms with Gasteiger partial charge in [-0.15, -0.1) is 0 Å². The van der Waals surface area contributed by atoms with Crippen LogP contribution >= 0.6 is 0 Å². The van der Waals surface area contributed by atoms with Crippen molar-refractivity contribution < 1.29 is 33.1 Å². The number of carbonyl (C=O) groups is 4. The smallest absolute Gasteiger partial charge is 0.336 e. The molecule has 4 rings (SSSR count). The lowest BCUT2D eigenvalue weighted by Gasteiger charge is -2.28. The first kappa shape index (κ1) is 22.1. The van der Waals surface area contributed by atoms with Crippen LogP contribution in [-0.2, 0) is 19.1 Å². The molecule has 0 aliphatic carbocycles. The predicted octanol–water partition coefficient (Wildman–Crippen LogP) is 2.53. The first-order chi connectivity index (χ1) is 15.8. The first-order valence-electron chi connectivity index (χ1n) is 10.3. The maximum absolute atomic E-state index is 13.1. The van der Waals surface area contributed by atoms with Crippen molar-refractivity contribution in [2.24, 2.45) is 0 Å². The standard InChI is InChI=1S/C24H22N2O7/c1-13-18(23(29)31-3)20(17-9-6-11-32-17)19(14(2)25-13)24(30)33-12-10-26-21(27)15-7-4-5-8-16(15)22(26)28/h4-9,11,20,25H,10,12H2,1-3H3. The van der Waals surface area contributed by atoms with E-state index >= 15 is 0 Å². The minimum Gasteiger partial charge on any atom is -0.468 e. The van der Waals surface area contributed by atoms with E-state index in [9.17, 15) is 19.2 Å². The number of allylic oxidation sites excluding steroid dienone is 2. The van der Waals surface area contributed by atoms with Crippen LogP contribution in [0.2, 0.25) is 0 Å². The zero-order chi connectivity index (χ0) is 23.7. The largest absolute Gasteiger partial charge is 0.468 e. The molecule has 9 heteroatoms. The molecule has 0 bridgehead atoms. The Morgan fingerprint density at radius 3 is 2.12 bits per heavy atom. The van der Waals surface area contributed by atoms with Crippen molar-refractivity contribution in [1.29, 1.82) is 0 Å². The Kier molecular flexibility index (Phi) is 5.87. The molecule has 1 atom stereocenters. The van der Waals surface area contributed by atoms with Crippen LogP contribution in [0, 0.1) is 0 Å². The monoisotopic (exact) mass is 450 g/mol. The summed E-state index contributed by atoms with van der Waals surface area (Å²) in [6.45, 7) is 3.09. The Bertz CT molecular complexity index is 1170. The number of amides is 2. The van der Waals surface area contributed by atoms with Crippen LogP contribution in [0.25, 0.3) is 0 Å². The molecule has 1 N–H and O–H groups in total. The molecule has 1 aromatic heterocycles. The molecule has 3 heterocycles. The number of nitrogens with one attached hydrogen (secondary N) is 1. The van der Waals surface area contributed by atoms with Gasteiger partial charge >= 0.3 is 11.9 Å². The number of dihydropyridines is 1. The van der Waals surface area contributed by atoms with Gasteiger partial charge in [0, 0.05) is 11.4 Å². The van der Waals surface area contributed by atoms with E-state index < -0.39 is 29.7 Å². The summed E-state index contributed by atoms with van der Waals surface area (Å²) < 4.78 is 15.9. The average Bonchev–Trinajstić information content (AvgIpc) is 3.41. The summed E-state index contributed by atoms with van der Waals surface area (Å²) in [7, 11) is 1.26. The summed E-state index contributed by atoms with van der Waals surface area (Å²) in [6.07, 6.45) is 1.45. The number of imide groups is 1. The highest BCUT2D eigenvalue weighted by Gasteiger charge is 2.40. The van der Waals surface area contributed by atoms with Crippen molar-refractivity contribution in [2.75, 3.05) is 20.3 Å². The van der Waals surface area contributed by atoms with Gasteiger partial charge in [-0.3, -0.25) is 14.5 Å². The topological polar surface area (TPSA) is 115 Å². The van der Waals surface area contributed by atoms with Gasteiger partial charge in [-0.25, -0.2) is 9.59 Å². The van der Waals surface area contributed by atoms with Gasteiger partial charge in [0.25, 0.3) is 11.8 Å². The van der Waals surface area contributed by atoms with Crippen molar-refractivity contribution in [3.63, 3.8) is 0 Å². The molecule has 2 amide bonds. The molecule has 0 saturated carbocycles. The number of hydrogen-bond donors (Lipinski definition) is 1. The van der Waals surface area contributed by atoms with Gasteiger partial charge < -0.3 is 19.2 Å². The lowest BCUT2D eigenvalue weighted by atomic mass is 9.83. The second-order valence-electron chi connectivity index (χ2n) is 7.59. The summed E-state index contributed by atoms with van der Waals surface area (Å²) in [4.78, 5) is 51.7. The Hall–Kier alpha value is -4.14. The van der Waals surface area contributed by atoms with E-state index in [1.165, 1.54) is 13.4 Å². The number of ether oxygens (including phenoxy) is 2. The second-order valence-corrected chi connectivity index (χ2v) is 7.59. The van der Waals surface area contributed by atoms with E-state index in [-0.39, 0.29) is 24.3 Å². The van der Waals surface area contributed by atoms with Gasteiger partial charge in [-0.05, 0) is 38.1 Å². The zero-order valence-corrected chi connectivity index (χ0v) is 18.3. The van der Waals surface area contributed by atoms with Crippen LogP contribution in [0.5, 0.6) is 0 Å². The molecule has 0 fully saturated rings. The highest BCUT2D eigenvalue weighted by molar-refractivity contribution is 6.21. The van der Waals surface area contributed by atoms with Gasteiger partial charge in [0.15, 0.2) is 0 Å². The Labute approximate surface area is 189 Å². The minimum atomic E-state index is -0.833. The highest BCUT2D eigenvalue weighted by Crippen LogP contribution is 2.39. The van der Waals surface area contributed by atoms with Crippen molar-refractivity contribution in [3.05, 3.63) is 82.1 Å². The van der Waals surface area contributed by atoms with Crippen molar-refractivity contribution in [3.8, 4) is 0 Å². The molecule has 1 unspecified atom stereocenters. The van der Waals surface area contributed by atoms with Crippen LogP contribution in [-0.4, -0.2) is 48.9 Å². The highest BCUT2D eigenvalue weighted by atomic mass is 16.5. The van der Waals surface area contributed by atoms with Crippen molar-refractivity contribution in [1.82, 2.24) is 10.2 Å². The zero-order valence-electron chi connectivity index (χ0n) is 18.3. The molecule has 33 heavy (non-hydrogen) atoms. The Balaban J connectivity index is 1.52. The number of benzene rings is 1. The molecule has 1 aromatic carbocycles. The molecule has 9 nitrogen and oxygen atoms in total. The van der Waals surface area contributed by atoms with Crippen LogP contribution in [0.15, 0.2) is 69.6 Å². The van der Waals surface area contributed by atoms with Crippen molar-refractivity contribution in [2.45, 2.75) is 19.8 Å². The summed E-state index contributed by atoms with van der Waals surface area (Å²) in [5.41, 5.74) is 2.08. The maximum atomic E-state index is 13.1. The van der Waals surface area contributed by atoms with E-state index in [2.05, 4.69) is 5.32 Å². The minimum absolute atomic E-state index is 0.0953. The van der Waals surface area contributed by atoms with Gasteiger partial charge in [0.2, 0.25) is 0 Å². The lowest BCUT2D eigenvalue weighted by molar-refractivity contribution is -0.139. The molecule has 170 valence electrons. The fourth-order valence-corrected chi connectivity index (χ4v) is 4.13. The molecule has 0 spiro atoms. The van der Waals surface area contributed by atoms with Gasteiger partial charge in [0.05, 0.1) is 48.1 Å². The molecule has 2 aromatic rings. The molecular weight excluding hydrogens is 428 g/mol. The van der Waals surface area contributed by atoms with Gasteiger partial charge in [-0.1, -0.05) is 12.1 Å². The van der Waals surface area contributed by atoms with Crippen LogP contribution in [0.3, 0.4) is 0 Å². The van der Waals surface area contributed by atoms with E-state index in [0.717, 1.165) is 4.90 Å². The number of furan rings is 1. The lowest BCUT2D eigenvalue weighted by Crippen LogP contribution is -2.35. The van der Waals surface area contributed by atoms with Crippen molar-refractivity contribution >= 4 is 23.8 Å². The fourth-order valence-electron chi connectivity index (χ4n) is 4.13. The van der Waals surface area contributed by atoms with Gasteiger partial charge in [0.1, 0.15) is 12.4 Å². The molecule has 2 aliphatic heterocycles. The van der Waals surface area contributed by atoms with E-state index in [4.69, 9.17) is 13.9 Å². The summed E-state index contributed by atoms with van der Waals surface area (Å²) in [5, 5.41) is 3.02. The number of esters is 2. The Morgan fingerprint density at radius 1 is 0.970 bits per heavy atom. The summed E-state index contributed by atoms with van der Waals surface area (Å²) in [6, 6.07) is 9.85. The third-order valence-corrected chi connectivity index (χ3v) is 5.64. The second kappa shape index (κ2) is 8.78. The predicted molar refractivity (Wildman–Crippen MR) is 115 cm³/mol. The van der Waals surface area contributed by atoms with Crippen LogP contribution < -0.4 is 5.32 Å². The van der Waals surface area contributed by atoms with Gasteiger partial charge in [-0.2, -0.15) is 0 Å².